The fourth-order valence-corrected chi connectivity index (χ4v) is 8.93. The van der Waals surface area contributed by atoms with Crippen LogP contribution in [-0.2, 0) is 31.2 Å². The molecule has 1 saturated carbocycles. The first-order chi connectivity index (χ1) is 23.6. The fraction of sp³-hybridized carbons (Fsp3) is 0.243. The van der Waals surface area contributed by atoms with Crippen LogP contribution in [0.3, 0.4) is 0 Å². The van der Waals surface area contributed by atoms with Crippen molar-refractivity contribution < 1.29 is 33.1 Å². The first-order valence-electron chi connectivity index (χ1n) is 15.8. The average molecular weight is 792 g/mol. The minimum atomic E-state index is -1.56. The van der Waals surface area contributed by atoms with Gasteiger partial charge < -0.3 is 9.52 Å². The maximum absolute atomic E-state index is 15.1. The summed E-state index contributed by atoms with van der Waals surface area (Å²) in [6, 6.07) is 22.5. The number of fused-ring (bicyclic) bond motifs is 4. The Hall–Kier alpha value is -4.33. The van der Waals surface area contributed by atoms with Crippen LogP contribution < -0.4 is 10.3 Å². The van der Waals surface area contributed by atoms with Gasteiger partial charge in [-0.3, -0.25) is 29.5 Å². The lowest BCUT2D eigenvalue weighted by atomic mass is 9.50. The maximum Gasteiger partial charge on any atom is 0.260 e. The summed E-state index contributed by atoms with van der Waals surface area (Å²) in [7, 11) is 0. The van der Waals surface area contributed by atoms with Crippen molar-refractivity contribution in [3.8, 4) is 0 Å². The number of amides is 4. The van der Waals surface area contributed by atoms with E-state index in [2.05, 4.69) is 28.0 Å². The molecule has 0 radical (unpaired) electrons. The number of furan rings is 1. The van der Waals surface area contributed by atoms with Crippen molar-refractivity contribution in [3.63, 3.8) is 0 Å². The lowest BCUT2D eigenvalue weighted by molar-refractivity contribution is -0.138. The molecular weight excluding hydrogens is 764 g/mol. The molecule has 6 atom stereocenters. The topological polar surface area (TPSA) is 120 Å². The van der Waals surface area contributed by atoms with E-state index in [0.717, 1.165) is 14.2 Å². The molecule has 2 aliphatic heterocycles. The lowest BCUT2D eigenvalue weighted by Crippen LogP contribution is -2.53. The minimum absolute atomic E-state index is 0.103. The van der Waals surface area contributed by atoms with Gasteiger partial charge in [-0.15, -0.1) is 0 Å². The van der Waals surface area contributed by atoms with Gasteiger partial charge in [0.25, 0.3) is 11.8 Å². The van der Waals surface area contributed by atoms with Crippen LogP contribution in [0.4, 0.5) is 15.8 Å². The number of hydrogen-bond donors (Lipinski definition) is 2. The van der Waals surface area contributed by atoms with Crippen LogP contribution in [0.25, 0.3) is 0 Å². The van der Waals surface area contributed by atoms with Crippen molar-refractivity contribution in [1.29, 1.82) is 0 Å². The van der Waals surface area contributed by atoms with Gasteiger partial charge in [-0.25, -0.2) is 4.39 Å². The minimum Gasteiger partial charge on any atom is -0.463 e. The van der Waals surface area contributed by atoms with Gasteiger partial charge in [0.05, 0.1) is 35.0 Å². The zero-order valence-corrected chi connectivity index (χ0v) is 28.6. The SMILES string of the molecule is O=C1C2CC3C(=CCC4C(=O)N(c5ccc(I)cc5)C(=O)C43)C(c3ccc(CO)o3)C2(c2ccc(Cl)cc2)C(=O)N1Nc1ccc(F)cc1. The Labute approximate surface area is 298 Å². The second-order valence-corrected chi connectivity index (χ2v) is 14.5. The summed E-state index contributed by atoms with van der Waals surface area (Å²) in [6.07, 6.45) is 2.29. The van der Waals surface area contributed by atoms with E-state index >= 15 is 4.79 Å². The molecule has 1 aromatic heterocycles. The summed E-state index contributed by atoms with van der Waals surface area (Å²) in [4.78, 5) is 59.2. The molecule has 9 nitrogen and oxygen atoms in total. The number of halogens is 3. The zero-order valence-electron chi connectivity index (χ0n) is 25.7. The predicted octanol–water partition coefficient (Wildman–Crippen LogP) is 6.36. The third-order valence-electron chi connectivity index (χ3n) is 10.5. The highest BCUT2D eigenvalue weighted by atomic mass is 127. The lowest BCUT2D eigenvalue weighted by Gasteiger charge is -2.49. The van der Waals surface area contributed by atoms with Crippen molar-refractivity contribution in [2.24, 2.45) is 23.7 Å². The molecule has 4 amide bonds. The second kappa shape index (κ2) is 11.9. The van der Waals surface area contributed by atoms with Crippen LogP contribution >= 0.6 is 34.2 Å². The molecule has 12 heteroatoms. The van der Waals surface area contributed by atoms with Crippen molar-refractivity contribution in [2.75, 3.05) is 10.3 Å². The predicted molar refractivity (Wildman–Crippen MR) is 185 cm³/mol. The van der Waals surface area contributed by atoms with Crippen LogP contribution in [0.2, 0.25) is 5.02 Å². The van der Waals surface area contributed by atoms with Gasteiger partial charge in [0, 0.05) is 8.59 Å². The van der Waals surface area contributed by atoms with E-state index < -0.39 is 52.6 Å². The number of aliphatic hydroxyl groups is 1. The molecule has 2 N–H and O–H groups in total. The number of nitrogens with one attached hydrogen (secondary N) is 1. The molecule has 4 aromatic rings. The molecule has 4 aliphatic rings. The van der Waals surface area contributed by atoms with Gasteiger partial charge >= 0.3 is 0 Å². The summed E-state index contributed by atoms with van der Waals surface area (Å²) in [6.45, 7) is -0.389. The first-order valence-corrected chi connectivity index (χ1v) is 17.3. The Morgan fingerprint density at radius 3 is 2.29 bits per heavy atom. The van der Waals surface area contributed by atoms with E-state index in [1.807, 2.05) is 18.2 Å². The van der Waals surface area contributed by atoms with Crippen LogP contribution in [0.1, 0.15) is 35.8 Å². The largest absolute Gasteiger partial charge is 0.463 e. The Balaban J connectivity index is 1.31. The van der Waals surface area contributed by atoms with Crippen molar-refractivity contribution in [2.45, 2.75) is 30.8 Å². The molecule has 49 heavy (non-hydrogen) atoms. The number of benzene rings is 3. The van der Waals surface area contributed by atoms with E-state index in [-0.39, 0.29) is 37.0 Å². The van der Waals surface area contributed by atoms with Crippen molar-refractivity contribution >= 4 is 69.2 Å². The zero-order chi connectivity index (χ0) is 34.2. The number of imide groups is 2. The van der Waals surface area contributed by atoms with Crippen molar-refractivity contribution in [1.82, 2.24) is 5.01 Å². The Morgan fingerprint density at radius 2 is 1.61 bits per heavy atom. The van der Waals surface area contributed by atoms with E-state index in [4.69, 9.17) is 16.0 Å². The molecule has 2 saturated heterocycles. The van der Waals surface area contributed by atoms with Crippen molar-refractivity contribution in [3.05, 3.63) is 128 Å². The van der Waals surface area contributed by atoms with E-state index in [9.17, 15) is 23.9 Å². The highest BCUT2D eigenvalue weighted by Gasteiger charge is 2.71. The van der Waals surface area contributed by atoms with Gasteiger partial charge in [0.2, 0.25) is 11.8 Å². The number of rotatable bonds is 6. The summed E-state index contributed by atoms with van der Waals surface area (Å²) < 4.78 is 20.9. The van der Waals surface area contributed by atoms with Crippen LogP contribution in [0, 0.1) is 33.1 Å². The molecule has 3 aromatic carbocycles. The third-order valence-corrected chi connectivity index (χ3v) is 11.4. The summed E-state index contributed by atoms with van der Waals surface area (Å²) >= 11 is 8.48. The quantitative estimate of drug-likeness (QED) is 0.133. The average Bonchev–Trinajstić information content (AvgIpc) is 3.74. The van der Waals surface area contributed by atoms with Crippen LogP contribution in [0.5, 0.6) is 0 Å². The number of allylic oxidation sites excluding steroid dienone is 2. The molecule has 6 unspecified atom stereocenters. The number of anilines is 2. The third kappa shape index (κ3) is 4.80. The van der Waals surface area contributed by atoms with E-state index in [0.29, 0.717) is 27.7 Å². The summed E-state index contributed by atoms with van der Waals surface area (Å²) in [5, 5.41) is 11.4. The highest BCUT2D eigenvalue weighted by molar-refractivity contribution is 14.1. The number of carbonyl (C=O) groups is 4. The number of aliphatic hydroxyl groups excluding tert-OH is 1. The Morgan fingerprint density at radius 1 is 0.898 bits per heavy atom. The molecular formula is C37H28ClFIN3O6. The molecule has 3 fully saturated rings. The number of nitrogens with zero attached hydrogens (tertiary/aromatic N) is 2. The number of carbonyl (C=O) groups excluding carboxylic acids is 4. The van der Waals surface area contributed by atoms with E-state index in [1.165, 1.54) is 29.2 Å². The van der Waals surface area contributed by atoms with Crippen LogP contribution in [-0.4, -0.2) is 33.7 Å². The van der Waals surface area contributed by atoms with E-state index in [1.54, 1.807) is 48.5 Å². The van der Waals surface area contributed by atoms with Gasteiger partial charge in [0.1, 0.15) is 29.4 Å². The summed E-state index contributed by atoms with van der Waals surface area (Å²) in [5.74, 6) is -5.49. The normalized spacial score (nSPS) is 27.6. The Kier molecular flexibility index (Phi) is 7.76. The molecule has 3 heterocycles. The second-order valence-electron chi connectivity index (χ2n) is 12.8. The number of hydrazine groups is 1. The smallest absolute Gasteiger partial charge is 0.260 e. The monoisotopic (exact) mass is 791 g/mol. The standard InChI is InChI=1S/C37H28ClFIN3O6/c38-20-3-1-19(2-4-20)37-29(34(46)43(36(37)48)41-23-9-5-21(39)6-10-23)17-28-26(32(37)30-16-13-25(18-44)49-30)14-15-27-31(28)35(47)42(33(27)45)24-11-7-22(40)8-12-24/h1-14,16,27-29,31-32,41,44H,15,17-18H2. The summed E-state index contributed by atoms with van der Waals surface area (Å²) in [5.41, 5.74) is 3.41. The van der Waals surface area contributed by atoms with Gasteiger partial charge in [-0.1, -0.05) is 35.4 Å². The van der Waals surface area contributed by atoms with Gasteiger partial charge in [0.15, 0.2) is 0 Å². The molecule has 8 rings (SSSR count). The Bertz CT molecular complexity index is 2050. The van der Waals surface area contributed by atoms with Gasteiger partial charge in [-0.05, 0) is 120 Å². The molecule has 0 bridgehead atoms. The molecule has 2 aliphatic carbocycles. The molecule has 0 spiro atoms. The molecule has 248 valence electrons. The highest BCUT2D eigenvalue weighted by Crippen LogP contribution is 2.64. The van der Waals surface area contributed by atoms with Crippen LogP contribution in [0.15, 0.2) is 101 Å². The number of hydrogen-bond acceptors (Lipinski definition) is 7. The first kappa shape index (κ1) is 31.9. The fourth-order valence-electron chi connectivity index (χ4n) is 8.44. The van der Waals surface area contributed by atoms with Gasteiger partial charge in [-0.2, -0.15) is 5.01 Å². The maximum atomic E-state index is 15.1.